The van der Waals surface area contributed by atoms with E-state index in [2.05, 4.69) is 0 Å². The molecule has 2 aromatic rings. The minimum atomic E-state index is -3.61. The molecule has 2 fully saturated rings. The highest BCUT2D eigenvalue weighted by Gasteiger charge is 2.50. The predicted molar refractivity (Wildman–Crippen MR) is 104 cm³/mol. The van der Waals surface area contributed by atoms with Crippen LogP contribution in [0.5, 0.6) is 0 Å². The van der Waals surface area contributed by atoms with Crippen molar-refractivity contribution in [2.45, 2.75) is 59.7 Å². The highest BCUT2D eigenvalue weighted by atomic mass is 32.2. The van der Waals surface area contributed by atoms with Crippen LogP contribution >= 0.6 is 0 Å². The summed E-state index contributed by atoms with van der Waals surface area (Å²) < 4.78 is 53.9. The van der Waals surface area contributed by atoms with Crippen LogP contribution in [0.4, 0.5) is 0 Å². The Morgan fingerprint density at radius 3 is 1.89 bits per heavy atom. The van der Waals surface area contributed by atoms with Gasteiger partial charge in [-0.05, 0) is 56.9 Å². The molecule has 144 valence electrons. The molecule has 0 N–H and O–H groups in total. The van der Waals surface area contributed by atoms with Crippen molar-refractivity contribution in [2.75, 3.05) is 0 Å². The molecule has 2 bridgehead atoms. The first-order valence-corrected chi connectivity index (χ1v) is 12.2. The summed E-state index contributed by atoms with van der Waals surface area (Å²) in [6.07, 6.45) is 2.16. The minimum absolute atomic E-state index is 0.251. The molecule has 7 heteroatoms. The molecule has 0 aliphatic carbocycles. The molecule has 0 aromatic heterocycles. The van der Waals surface area contributed by atoms with E-state index in [9.17, 15) is 16.8 Å². The van der Waals surface area contributed by atoms with E-state index in [0.717, 1.165) is 18.4 Å². The third-order valence-electron chi connectivity index (χ3n) is 5.73. The fraction of sp³-hybridized carbons (Fsp3) is 0.400. The summed E-state index contributed by atoms with van der Waals surface area (Å²) in [6.45, 7) is 1.92. The van der Waals surface area contributed by atoms with Crippen LogP contribution in [0.25, 0.3) is 0 Å². The Morgan fingerprint density at radius 1 is 0.778 bits per heavy atom. The molecule has 0 amide bonds. The predicted octanol–water partition coefficient (Wildman–Crippen LogP) is 3.15. The highest BCUT2D eigenvalue weighted by molar-refractivity contribution is 7.92. The molecule has 0 spiro atoms. The van der Waals surface area contributed by atoms with E-state index in [1.165, 1.54) is 0 Å². The van der Waals surface area contributed by atoms with Gasteiger partial charge in [0.05, 0.1) is 15.0 Å². The van der Waals surface area contributed by atoms with Gasteiger partial charge < -0.3 is 0 Å². The summed E-state index contributed by atoms with van der Waals surface area (Å²) in [7, 11) is -7.06. The summed E-state index contributed by atoms with van der Waals surface area (Å²) in [4.78, 5) is 0.610. The average molecular weight is 406 g/mol. The van der Waals surface area contributed by atoms with Crippen LogP contribution in [-0.4, -0.2) is 38.5 Å². The van der Waals surface area contributed by atoms with Crippen LogP contribution in [-0.2, 0) is 19.9 Å². The van der Waals surface area contributed by atoms with Crippen LogP contribution < -0.4 is 0 Å². The van der Waals surface area contributed by atoms with Gasteiger partial charge >= 0.3 is 0 Å². The number of nitrogens with zero attached hydrogens (tertiary/aromatic N) is 1. The van der Waals surface area contributed by atoms with Gasteiger partial charge in [-0.25, -0.2) is 16.8 Å². The molecule has 5 nitrogen and oxygen atoms in total. The van der Waals surface area contributed by atoms with Crippen LogP contribution in [0, 0.1) is 6.92 Å². The van der Waals surface area contributed by atoms with Crippen LogP contribution in [0.1, 0.15) is 31.2 Å². The Morgan fingerprint density at radius 2 is 1.33 bits per heavy atom. The average Bonchev–Trinajstić information content (AvgIpc) is 2.94. The third kappa shape index (κ3) is 3.22. The van der Waals surface area contributed by atoms with E-state index < -0.39 is 25.1 Å². The quantitative estimate of drug-likeness (QED) is 0.783. The molecule has 0 radical (unpaired) electrons. The van der Waals surface area contributed by atoms with Crippen molar-refractivity contribution in [2.24, 2.45) is 0 Å². The number of piperidine rings is 1. The molecule has 2 aliphatic rings. The maximum absolute atomic E-state index is 13.2. The summed E-state index contributed by atoms with van der Waals surface area (Å²) in [5.41, 5.74) is 1.00. The lowest BCUT2D eigenvalue weighted by Gasteiger charge is -2.37. The molecular formula is C20H23NO4S2. The SMILES string of the molecule is Cc1ccc(S(=O)(=O)N2C3CCC2CC(S(=O)(=O)c2ccccc2)C3)cc1. The summed E-state index contributed by atoms with van der Waals surface area (Å²) in [5, 5.41) is -0.526. The zero-order chi connectivity index (χ0) is 19.2. The molecule has 2 atom stereocenters. The van der Waals surface area contributed by atoms with Gasteiger partial charge in [0.2, 0.25) is 10.0 Å². The van der Waals surface area contributed by atoms with E-state index >= 15 is 0 Å². The van der Waals surface area contributed by atoms with Crippen molar-refractivity contribution in [3.05, 3.63) is 60.2 Å². The maximum Gasteiger partial charge on any atom is 0.243 e. The highest BCUT2D eigenvalue weighted by Crippen LogP contribution is 2.42. The van der Waals surface area contributed by atoms with E-state index in [-0.39, 0.29) is 17.0 Å². The lowest BCUT2D eigenvalue weighted by atomic mass is 10.1. The van der Waals surface area contributed by atoms with E-state index in [0.29, 0.717) is 17.7 Å². The Balaban J connectivity index is 1.62. The van der Waals surface area contributed by atoms with Gasteiger partial charge in [-0.3, -0.25) is 0 Å². The first-order chi connectivity index (χ1) is 12.8. The molecule has 2 unspecified atom stereocenters. The molecule has 2 saturated heterocycles. The standard InChI is InChI=1S/C20H23NO4S2/c1-15-7-11-19(12-8-15)27(24,25)21-16-9-10-17(21)14-20(13-16)26(22,23)18-5-3-2-4-6-18/h2-8,11-12,16-17,20H,9-10,13-14H2,1H3. The third-order valence-corrected chi connectivity index (χ3v) is 9.94. The van der Waals surface area contributed by atoms with Crippen molar-refractivity contribution in [3.8, 4) is 0 Å². The first kappa shape index (κ1) is 18.7. The number of aryl methyl sites for hydroxylation is 1. The van der Waals surface area contributed by atoms with Gasteiger partial charge in [-0.1, -0.05) is 35.9 Å². The summed E-state index contributed by atoms with van der Waals surface area (Å²) >= 11 is 0. The number of sulfonamides is 1. The van der Waals surface area contributed by atoms with Crippen molar-refractivity contribution in [3.63, 3.8) is 0 Å². The first-order valence-electron chi connectivity index (χ1n) is 9.19. The van der Waals surface area contributed by atoms with Crippen molar-refractivity contribution >= 4 is 19.9 Å². The lowest BCUT2D eigenvalue weighted by molar-refractivity contribution is 0.249. The van der Waals surface area contributed by atoms with E-state index in [1.807, 2.05) is 6.92 Å². The van der Waals surface area contributed by atoms with Gasteiger partial charge in [0, 0.05) is 12.1 Å². The monoisotopic (exact) mass is 405 g/mol. The molecule has 27 heavy (non-hydrogen) atoms. The molecule has 4 rings (SSSR count). The smallest absolute Gasteiger partial charge is 0.223 e. The normalized spacial score (nSPS) is 26.2. The van der Waals surface area contributed by atoms with Crippen LogP contribution in [0.15, 0.2) is 64.4 Å². The molecule has 0 saturated carbocycles. The summed E-state index contributed by atoms with van der Waals surface area (Å²) in [5.74, 6) is 0. The number of fused-ring (bicyclic) bond motifs is 2. The van der Waals surface area contributed by atoms with Crippen molar-refractivity contribution in [1.82, 2.24) is 4.31 Å². The van der Waals surface area contributed by atoms with Gasteiger partial charge in [0.15, 0.2) is 9.84 Å². The summed E-state index contributed by atoms with van der Waals surface area (Å²) in [6, 6.07) is 14.8. The van der Waals surface area contributed by atoms with Gasteiger partial charge in [0.25, 0.3) is 0 Å². The zero-order valence-corrected chi connectivity index (χ0v) is 16.8. The fourth-order valence-corrected chi connectivity index (χ4v) is 8.13. The van der Waals surface area contributed by atoms with Crippen molar-refractivity contribution < 1.29 is 16.8 Å². The lowest BCUT2D eigenvalue weighted by Crippen LogP contribution is -2.49. The fourth-order valence-electron chi connectivity index (χ4n) is 4.36. The second-order valence-corrected chi connectivity index (χ2v) is 11.6. The van der Waals surface area contributed by atoms with Gasteiger partial charge in [0.1, 0.15) is 0 Å². The Kier molecular flexibility index (Phi) is 4.64. The number of sulfone groups is 1. The number of hydrogen-bond acceptors (Lipinski definition) is 4. The number of hydrogen-bond donors (Lipinski definition) is 0. The molecule has 2 aromatic carbocycles. The number of benzene rings is 2. The van der Waals surface area contributed by atoms with Gasteiger partial charge in [-0.15, -0.1) is 0 Å². The molecule has 2 aliphatic heterocycles. The van der Waals surface area contributed by atoms with E-state index in [4.69, 9.17) is 0 Å². The molecular weight excluding hydrogens is 382 g/mol. The second kappa shape index (κ2) is 6.72. The Labute approximate surface area is 161 Å². The Bertz CT molecular complexity index is 1020. The van der Waals surface area contributed by atoms with Crippen LogP contribution in [0.2, 0.25) is 0 Å². The van der Waals surface area contributed by atoms with Crippen molar-refractivity contribution in [1.29, 1.82) is 0 Å². The minimum Gasteiger partial charge on any atom is -0.223 e. The number of rotatable bonds is 4. The van der Waals surface area contributed by atoms with Crippen LogP contribution in [0.3, 0.4) is 0 Å². The Hall–Kier alpha value is -1.70. The zero-order valence-electron chi connectivity index (χ0n) is 15.2. The van der Waals surface area contributed by atoms with Gasteiger partial charge in [-0.2, -0.15) is 4.31 Å². The topological polar surface area (TPSA) is 71.5 Å². The maximum atomic E-state index is 13.2. The van der Waals surface area contributed by atoms with E-state index in [1.54, 1.807) is 58.9 Å². The largest absolute Gasteiger partial charge is 0.243 e. The second-order valence-electron chi connectivity index (χ2n) is 7.48. The molecule has 2 heterocycles.